The lowest BCUT2D eigenvalue weighted by Gasteiger charge is -2.41. The first-order chi connectivity index (χ1) is 19.1. The van der Waals surface area contributed by atoms with Gasteiger partial charge in [-0.05, 0) is 91.4 Å². The third-order valence-electron chi connectivity index (χ3n) is 9.48. The minimum atomic E-state index is -2.22. The SMILES string of the molecule is CC1(C)O[C@@H]2OC(C(O)c3ccc(Cl)c(Cc4ccc(O[Si](C)(C)C(C)(C)C)cc4)c3)[C@@H](O[Si](C)(C)C(C)(C)C)[C@@H]2O1. The molecule has 2 aliphatic heterocycles. The zero-order valence-corrected chi connectivity index (χ0v) is 30.3. The highest BCUT2D eigenvalue weighted by atomic mass is 35.5. The fraction of sp³-hybridized carbons (Fsp3) is 0.636. The van der Waals surface area contributed by atoms with Gasteiger partial charge in [-0.3, -0.25) is 0 Å². The highest BCUT2D eigenvalue weighted by Gasteiger charge is 2.59. The van der Waals surface area contributed by atoms with Gasteiger partial charge in [0, 0.05) is 5.02 Å². The molecular formula is C33H51ClO6Si2. The zero-order chi connectivity index (χ0) is 31.5. The molecule has 2 aromatic rings. The van der Waals surface area contributed by atoms with Crippen molar-refractivity contribution in [3.8, 4) is 5.75 Å². The van der Waals surface area contributed by atoms with E-state index in [1.165, 1.54) is 0 Å². The van der Waals surface area contributed by atoms with E-state index < -0.39 is 53.1 Å². The molecule has 0 amide bonds. The fourth-order valence-electron chi connectivity index (χ4n) is 4.86. The molecule has 2 aromatic carbocycles. The first-order valence-electron chi connectivity index (χ1n) is 15.0. The van der Waals surface area contributed by atoms with Gasteiger partial charge >= 0.3 is 0 Å². The predicted octanol–water partition coefficient (Wildman–Crippen LogP) is 8.62. The van der Waals surface area contributed by atoms with Crippen LogP contribution in [-0.2, 0) is 25.1 Å². The topological polar surface area (TPSA) is 66.4 Å². The van der Waals surface area contributed by atoms with Crippen molar-refractivity contribution in [2.75, 3.05) is 0 Å². The van der Waals surface area contributed by atoms with Crippen LogP contribution in [0.5, 0.6) is 5.75 Å². The van der Waals surface area contributed by atoms with Crippen LogP contribution >= 0.6 is 11.6 Å². The Hall–Kier alpha value is -1.24. The van der Waals surface area contributed by atoms with Crippen LogP contribution in [0.1, 0.15) is 78.2 Å². The normalized spacial score (nSPS) is 25.4. The van der Waals surface area contributed by atoms with Gasteiger partial charge in [-0.25, -0.2) is 0 Å². The van der Waals surface area contributed by atoms with Crippen LogP contribution in [0.3, 0.4) is 0 Å². The Balaban J connectivity index is 1.55. The third kappa shape index (κ3) is 7.18. The van der Waals surface area contributed by atoms with Gasteiger partial charge < -0.3 is 28.2 Å². The van der Waals surface area contributed by atoms with Gasteiger partial charge in [-0.2, -0.15) is 0 Å². The average molecular weight is 635 g/mol. The molecule has 1 N–H and O–H groups in total. The molecule has 2 heterocycles. The van der Waals surface area contributed by atoms with E-state index in [4.69, 9.17) is 34.7 Å². The van der Waals surface area contributed by atoms with Gasteiger partial charge in [0.2, 0.25) is 8.32 Å². The summed E-state index contributed by atoms with van der Waals surface area (Å²) in [6.07, 6.45) is -2.47. The summed E-state index contributed by atoms with van der Waals surface area (Å²) in [4.78, 5) is 0. The number of fused-ring (bicyclic) bond motifs is 1. The van der Waals surface area contributed by atoms with Crippen molar-refractivity contribution in [1.82, 2.24) is 0 Å². The highest BCUT2D eigenvalue weighted by molar-refractivity contribution is 6.75. The van der Waals surface area contributed by atoms with Crippen molar-refractivity contribution in [3.63, 3.8) is 0 Å². The predicted molar refractivity (Wildman–Crippen MR) is 174 cm³/mol. The molecular weight excluding hydrogens is 584 g/mol. The molecule has 0 aliphatic carbocycles. The van der Waals surface area contributed by atoms with Gasteiger partial charge in [0.25, 0.3) is 0 Å². The molecule has 6 nitrogen and oxygen atoms in total. The van der Waals surface area contributed by atoms with E-state index in [1.54, 1.807) is 0 Å². The van der Waals surface area contributed by atoms with E-state index in [1.807, 2.05) is 44.2 Å². The molecule has 2 unspecified atom stereocenters. The van der Waals surface area contributed by atoms with Crippen LogP contribution < -0.4 is 4.43 Å². The molecule has 0 spiro atoms. The van der Waals surface area contributed by atoms with Crippen LogP contribution in [0.2, 0.25) is 41.3 Å². The Bertz CT molecular complexity index is 1250. The van der Waals surface area contributed by atoms with E-state index >= 15 is 0 Å². The molecule has 0 saturated carbocycles. The van der Waals surface area contributed by atoms with Crippen molar-refractivity contribution in [3.05, 3.63) is 64.2 Å². The number of aliphatic hydroxyl groups is 1. The van der Waals surface area contributed by atoms with Crippen molar-refractivity contribution >= 4 is 28.2 Å². The second kappa shape index (κ2) is 11.6. The van der Waals surface area contributed by atoms with Crippen molar-refractivity contribution in [1.29, 1.82) is 0 Å². The standard InChI is InChI=1S/C33H51ClO6Si2/c1-31(2,3)41(9,10)39-24-16-13-21(14-17-24)19-23-20-22(15-18-25(23)34)26(35)27-28(40-42(11,12)32(4,5)6)29-30(36-27)38-33(7,8)37-29/h13-18,20,26-30,35H,19H2,1-12H3/t26?,27?,28-,29+,30+/m1/s1. The lowest BCUT2D eigenvalue weighted by Crippen LogP contribution is -2.50. The first-order valence-corrected chi connectivity index (χ1v) is 21.2. The maximum absolute atomic E-state index is 11.7. The molecule has 2 saturated heterocycles. The van der Waals surface area contributed by atoms with Gasteiger partial charge in [-0.15, -0.1) is 0 Å². The maximum atomic E-state index is 11.7. The van der Waals surface area contributed by atoms with E-state index in [9.17, 15) is 5.11 Å². The molecule has 2 fully saturated rings. The second-order valence-corrected chi connectivity index (χ2v) is 25.3. The highest BCUT2D eigenvalue weighted by Crippen LogP contribution is 2.46. The van der Waals surface area contributed by atoms with Crippen molar-refractivity contribution in [2.45, 2.75) is 135 Å². The summed E-state index contributed by atoms with van der Waals surface area (Å²) >= 11 is 6.66. The van der Waals surface area contributed by atoms with E-state index in [-0.39, 0.29) is 10.1 Å². The summed E-state index contributed by atoms with van der Waals surface area (Å²) in [5, 5.41) is 12.5. The summed E-state index contributed by atoms with van der Waals surface area (Å²) in [6.45, 7) is 26.0. The Morgan fingerprint density at radius 1 is 0.905 bits per heavy atom. The first kappa shape index (κ1) is 33.7. The number of hydrogen-bond acceptors (Lipinski definition) is 6. The summed E-state index contributed by atoms with van der Waals surface area (Å²) in [5.41, 5.74) is 2.77. The number of ether oxygens (including phenoxy) is 3. The Morgan fingerprint density at radius 2 is 1.50 bits per heavy atom. The summed E-state index contributed by atoms with van der Waals surface area (Å²) in [7, 11) is -4.14. The van der Waals surface area contributed by atoms with Crippen molar-refractivity contribution in [2.24, 2.45) is 0 Å². The molecule has 234 valence electrons. The molecule has 5 atom stereocenters. The summed E-state index contributed by atoms with van der Waals surface area (Å²) in [5.74, 6) is 0.115. The van der Waals surface area contributed by atoms with Crippen LogP contribution in [0, 0.1) is 0 Å². The maximum Gasteiger partial charge on any atom is 0.250 e. The van der Waals surface area contributed by atoms with Crippen LogP contribution in [-0.4, -0.2) is 52.1 Å². The Kier molecular flexibility index (Phi) is 9.30. The Morgan fingerprint density at radius 3 is 2.07 bits per heavy atom. The van der Waals surface area contributed by atoms with Crippen LogP contribution in [0.15, 0.2) is 42.5 Å². The fourth-order valence-corrected chi connectivity index (χ4v) is 7.37. The quantitative estimate of drug-likeness (QED) is 0.293. The summed E-state index contributed by atoms with van der Waals surface area (Å²) in [6, 6.07) is 13.9. The van der Waals surface area contributed by atoms with E-state index in [0.717, 1.165) is 22.4 Å². The monoisotopic (exact) mass is 634 g/mol. The molecule has 0 radical (unpaired) electrons. The van der Waals surface area contributed by atoms with E-state index in [0.29, 0.717) is 11.4 Å². The van der Waals surface area contributed by atoms with Crippen LogP contribution in [0.4, 0.5) is 0 Å². The van der Waals surface area contributed by atoms with Gasteiger partial charge in [-0.1, -0.05) is 77.4 Å². The van der Waals surface area contributed by atoms with Crippen LogP contribution in [0.25, 0.3) is 0 Å². The number of halogens is 1. The average Bonchev–Trinajstić information content (AvgIpc) is 3.31. The number of rotatable bonds is 8. The smallest absolute Gasteiger partial charge is 0.250 e. The second-order valence-electron chi connectivity index (χ2n) is 15.4. The molecule has 0 aromatic heterocycles. The number of aliphatic hydroxyl groups excluding tert-OH is 1. The lowest BCUT2D eigenvalue weighted by atomic mass is 9.96. The van der Waals surface area contributed by atoms with Gasteiger partial charge in [0.15, 0.2) is 20.4 Å². The van der Waals surface area contributed by atoms with Gasteiger partial charge in [0.1, 0.15) is 30.2 Å². The third-order valence-corrected chi connectivity index (χ3v) is 18.7. The van der Waals surface area contributed by atoms with Crippen molar-refractivity contribution < 1.29 is 28.2 Å². The molecule has 0 bridgehead atoms. The summed E-state index contributed by atoms with van der Waals surface area (Å²) < 4.78 is 31.9. The lowest BCUT2D eigenvalue weighted by molar-refractivity contribution is -0.225. The van der Waals surface area contributed by atoms with Gasteiger partial charge in [0.05, 0.1) is 0 Å². The molecule has 4 rings (SSSR count). The minimum absolute atomic E-state index is 0.0196. The Labute approximate surface area is 260 Å². The molecule has 42 heavy (non-hydrogen) atoms. The molecule has 2 aliphatic rings. The molecule has 9 heteroatoms. The number of benzene rings is 2. The zero-order valence-electron chi connectivity index (χ0n) is 27.5. The largest absolute Gasteiger partial charge is 0.544 e. The van der Waals surface area contributed by atoms with E-state index in [2.05, 4.69) is 79.9 Å². The minimum Gasteiger partial charge on any atom is -0.544 e. The number of hydrogen-bond donors (Lipinski definition) is 1.